The summed E-state index contributed by atoms with van der Waals surface area (Å²) < 4.78 is 9.88. The Hall–Kier alpha value is -3.41. The van der Waals surface area contributed by atoms with Gasteiger partial charge in [-0.3, -0.25) is 0 Å². The minimum absolute atomic E-state index is 0.601. The van der Waals surface area contributed by atoms with Crippen LogP contribution >= 0.6 is 0 Å². The monoisotopic (exact) mass is 373 g/mol. The molecule has 6 heteroatoms. The van der Waals surface area contributed by atoms with Crippen LogP contribution in [-0.4, -0.2) is 32.3 Å². The largest absolute Gasteiger partial charge is 0.492 e. The van der Waals surface area contributed by atoms with Crippen molar-refractivity contribution in [3.8, 4) is 5.75 Å². The maximum atomic E-state index is 6.00. The van der Waals surface area contributed by atoms with Gasteiger partial charge in [0.15, 0.2) is 0 Å². The summed E-state index contributed by atoms with van der Waals surface area (Å²) in [4.78, 5) is 0. The fourth-order valence-electron chi connectivity index (χ4n) is 3.35. The molecule has 0 saturated carbocycles. The summed E-state index contributed by atoms with van der Waals surface area (Å²) in [6, 6.07) is 14.6. The second kappa shape index (κ2) is 7.68. The van der Waals surface area contributed by atoms with Gasteiger partial charge in [0.05, 0.1) is 12.8 Å². The second-order valence-corrected chi connectivity index (χ2v) is 6.85. The lowest BCUT2D eigenvalue weighted by atomic mass is 10.1. The topological polar surface area (TPSA) is 57.2 Å². The van der Waals surface area contributed by atoms with E-state index in [1.165, 1.54) is 22.0 Å². The zero-order valence-electron chi connectivity index (χ0n) is 16.3. The number of nitrogens with zero attached hydrogens (tertiary/aromatic N) is 5. The number of aromatic nitrogens is 4. The van der Waals surface area contributed by atoms with Gasteiger partial charge in [-0.2, -0.15) is 5.10 Å². The second-order valence-electron chi connectivity index (χ2n) is 6.85. The van der Waals surface area contributed by atoms with E-state index in [9.17, 15) is 0 Å². The van der Waals surface area contributed by atoms with E-state index in [0.29, 0.717) is 6.61 Å². The summed E-state index contributed by atoms with van der Waals surface area (Å²) in [6.45, 7) is 7.69. The molecule has 0 aliphatic carbocycles. The summed E-state index contributed by atoms with van der Waals surface area (Å²) in [5.74, 6) is 0.909. The lowest BCUT2D eigenvalue weighted by Gasteiger charge is -2.11. The molecule has 0 fully saturated rings. The fourth-order valence-corrected chi connectivity index (χ4v) is 3.35. The fraction of sp³-hybridized carbons (Fsp3) is 0.227. The molecule has 4 rings (SSSR count). The first kappa shape index (κ1) is 18.0. The average Bonchev–Trinajstić information content (AvgIpc) is 3.30. The number of para-hydroxylation sites is 1. The van der Waals surface area contributed by atoms with Crippen LogP contribution in [0.5, 0.6) is 5.75 Å². The third-order valence-electron chi connectivity index (χ3n) is 5.07. The zero-order valence-corrected chi connectivity index (χ0v) is 16.3. The van der Waals surface area contributed by atoms with Crippen molar-refractivity contribution in [3.05, 3.63) is 77.5 Å². The van der Waals surface area contributed by atoms with Crippen LogP contribution in [0, 0.1) is 20.8 Å². The van der Waals surface area contributed by atoms with Crippen LogP contribution in [0.25, 0.3) is 10.9 Å². The molecule has 28 heavy (non-hydrogen) atoms. The SMILES string of the molecule is Cc1ccc(OCCn2c(C)c(C=Nn3cnnc3)c3ccccc32)cc1C. The van der Waals surface area contributed by atoms with Gasteiger partial charge in [0, 0.05) is 22.2 Å². The van der Waals surface area contributed by atoms with Gasteiger partial charge in [-0.05, 0) is 50.1 Å². The minimum atomic E-state index is 0.601. The first-order chi connectivity index (χ1) is 13.6. The van der Waals surface area contributed by atoms with Crippen LogP contribution in [-0.2, 0) is 6.54 Å². The molecule has 0 spiro atoms. The van der Waals surface area contributed by atoms with Gasteiger partial charge in [-0.15, -0.1) is 10.2 Å². The number of hydrogen-bond donors (Lipinski definition) is 0. The van der Waals surface area contributed by atoms with Crippen LogP contribution in [0.4, 0.5) is 0 Å². The quantitative estimate of drug-likeness (QED) is 0.478. The third-order valence-corrected chi connectivity index (χ3v) is 5.07. The van der Waals surface area contributed by atoms with Crippen molar-refractivity contribution < 1.29 is 4.74 Å². The molecule has 0 atom stereocenters. The van der Waals surface area contributed by atoms with E-state index in [0.717, 1.165) is 23.6 Å². The molecule has 6 nitrogen and oxygen atoms in total. The highest BCUT2D eigenvalue weighted by atomic mass is 16.5. The molecule has 0 N–H and O–H groups in total. The van der Waals surface area contributed by atoms with Crippen LogP contribution in [0.15, 0.2) is 60.2 Å². The van der Waals surface area contributed by atoms with Crippen molar-refractivity contribution in [1.29, 1.82) is 0 Å². The van der Waals surface area contributed by atoms with Gasteiger partial charge >= 0.3 is 0 Å². The molecular formula is C22H23N5O. The third kappa shape index (κ3) is 3.53. The number of aryl methyl sites for hydroxylation is 2. The van der Waals surface area contributed by atoms with Gasteiger partial charge in [-0.1, -0.05) is 24.3 Å². The number of fused-ring (bicyclic) bond motifs is 1. The standard InChI is InChI=1S/C22H23N5O/c1-16-8-9-19(12-17(16)2)28-11-10-27-18(3)21(13-25-26-14-23-24-15-26)20-6-4-5-7-22(20)27/h4-9,12-15H,10-11H2,1-3H3. The van der Waals surface area contributed by atoms with Crippen molar-refractivity contribution >= 4 is 17.1 Å². The molecule has 4 aromatic rings. The van der Waals surface area contributed by atoms with E-state index in [4.69, 9.17) is 4.74 Å². The summed E-state index contributed by atoms with van der Waals surface area (Å²) in [7, 11) is 0. The van der Waals surface area contributed by atoms with Gasteiger partial charge in [0.2, 0.25) is 0 Å². The molecule has 2 aromatic heterocycles. The first-order valence-corrected chi connectivity index (χ1v) is 9.30. The van der Waals surface area contributed by atoms with E-state index >= 15 is 0 Å². The van der Waals surface area contributed by atoms with E-state index in [1.54, 1.807) is 17.3 Å². The zero-order chi connectivity index (χ0) is 19.5. The Morgan fingerprint density at radius 2 is 1.79 bits per heavy atom. The Morgan fingerprint density at radius 3 is 2.57 bits per heavy atom. The molecule has 142 valence electrons. The van der Waals surface area contributed by atoms with Crippen molar-refractivity contribution in [2.45, 2.75) is 27.3 Å². The molecule has 0 amide bonds. The predicted molar refractivity (Wildman–Crippen MR) is 111 cm³/mol. The maximum absolute atomic E-state index is 6.00. The number of hydrogen-bond acceptors (Lipinski definition) is 4. The highest BCUT2D eigenvalue weighted by molar-refractivity contribution is 6.01. The summed E-state index contributed by atoms with van der Waals surface area (Å²) in [5, 5.41) is 13.2. The summed E-state index contributed by atoms with van der Waals surface area (Å²) in [6.07, 6.45) is 5.01. The lowest BCUT2D eigenvalue weighted by Crippen LogP contribution is -2.10. The summed E-state index contributed by atoms with van der Waals surface area (Å²) >= 11 is 0. The van der Waals surface area contributed by atoms with Crippen molar-refractivity contribution in [2.24, 2.45) is 5.10 Å². The molecule has 2 aromatic carbocycles. The minimum Gasteiger partial charge on any atom is -0.492 e. The maximum Gasteiger partial charge on any atom is 0.141 e. The van der Waals surface area contributed by atoms with E-state index in [2.05, 4.69) is 71.0 Å². The molecule has 0 saturated heterocycles. The highest BCUT2D eigenvalue weighted by Gasteiger charge is 2.12. The van der Waals surface area contributed by atoms with Crippen LogP contribution in [0.3, 0.4) is 0 Å². The van der Waals surface area contributed by atoms with Crippen LogP contribution < -0.4 is 4.74 Å². The van der Waals surface area contributed by atoms with Crippen LogP contribution in [0.2, 0.25) is 0 Å². The normalized spacial score (nSPS) is 11.5. The van der Waals surface area contributed by atoms with Crippen LogP contribution in [0.1, 0.15) is 22.4 Å². The number of ether oxygens (including phenoxy) is 1. The Morgan fingerprint density at radius 1 is 1.00 bits per heavy atom. The highest BCUT2D eigenvalue weighted by Crippen LogP contribution is 2.25. The molecular weight excluding hydrogens is 350 g/mol. The van der Waals surface area contributed by atoms with E-state index < -0.39 is 0 Å². The number of benzene rings is 2. The van der Waals surface area contributed by atoms with Crippen molar-refractivity contribution in [1.82, 2.24) is 19.4 Å². The average molecular weight is 373 g/mol. The Balaban J connectivity index is 1.58. The van der Waals surface area contributed by atoms with Gasteiger partial charge < -0.3 is 9.30 Å². The predicted octanol–water partition coefficient (Wildman–Crippen LogP) is 4.12. The molecule has 0 aliphatic heterocycles. The molecule has 0 aliphatic rings. The number of rotatable bonds is 6. The molecule has 2 heterocycles. The smallest absolute Gasteiger partial charge is 0.141 e. The van der Waals surface area contributed by atoms with E-state index in [-0.39, 0.29) is 0 Å². The lowest BCUT2D eigenvalue weighted by molar-refractivity contribution is 0.299. The van der Waals surface area contributed by atoms with Crippen molar-refractivity contribution in [2.75, 3.05) is 6.61 Å². The molecule has 0 bridgehead atoms. The van der Waals surface area contributed by atoms with Gasteiger partial charge in [-0.25, -0.2) is 4.68 Å². The van der Waals surface area contributed by atoms with Gasteiger partial charge in [0.25, 0.3) is 0 Å². The molecule has 0 radical (unpaired) electrons. The Bertz CT molecular complexity index is 1130. The van der Waals surface area contributed by atoms with E-state index in [1.807, 2.05) is 18.3 Å². The summed E-state index contributed by atoms with van der Waals surface area (Å²) in [5.41, 5.74) is 5.94. The Kier molecular flexibility index (Phi) is 4.93. The Labute approximate surface area is 164 Å². The van der Waals surface area contributed by atoms with Crippen molar-refractivity contribution in [3.63, 3.8) is 0 Å². The first-order valence-electron chi connectivity index (χ1n) is 9.30. The van der Waals surface area contributed by atoms with Gasteiger partial charge in [0.1, 0.15) is 25.0 Å². The molecule has 0 unspecified atom stereocenters.